The van der Waals surface area contributed by atoms with Crippen molar-refractivity contribution in [3.63, 3.8) is 0 Å². The van der Waals surface area contributed by atoms with E-state index in [4.69, 9.17) is 4.74 Å². The van der Waals surface area contributed by atoms with Crippen LogP contribution in [0.5, 0.6) is 5.75 Å². The normalized spacial score (nSPS) is 37.1. The number of hydrogen-bond acceptors (Lipinski definition) is 5. The van der Waals surface area contributed by atoms with Crippen molar-refractivity contribution in [2.75, 3.05) is 12.0 Å². The number of anilines is 1. The first kappa shape index (κ1) is 14.6. The average molecular weight is 340 g/mol. The average Bonchev–Trinajstić information content (AvgIpc) is 3.39. The van der Waals surface area contributed by atoms with Crippen molar-refractivity contribution >= 4 is 23.2 Å². The fourth-order valence-corrected chi connectivity index (χ4v) is 5.16. The first-order valence-corrected chi connectivity index (χ1v) is 8.41. The highest BCUT2D eigenvalue weighted by atomic mass is 16.6. The van der Waals surface area contributed by atoms with E-state index in [2.05, 4.69) is 12.2 Å². The van der Waals surface area contributed by atoms with Gasteiger partial charge in [0.2, 0.25) is 11.8 Å². The number of amides is 2. The van der Waals surface area contributed by atoms with Gasteiger partial charge in [-0.05, 0) is 42.2 Å². The minimum Gasteiger partial charge on any atom is -0.496 e. The van der Waals surface area contributed by atoms with Gasteiger partial charge in [0.25, 0.3) is 5.69 Å². The molecule has 0 unspecified atom stereocenters. The highest BCUT2D eigenvalue weighted by Gasteiger charge is 2.67. The molecule has 2 saturated carbocycles. The van der Waals surface area contributed by atoms with E-state index in [1.807, 2.05) is 0 Å². The predicted octanol–water partition coefficient (Wildman–Crippen LogP) is 2.16. The van der Waals surface area contributed by atoms with Crippen LogP contribution in [0.2, 0.25) is 0 Å². The molecule has 1 aromatic carbocycles. The summed E-state index contributed by atoms with van der Waals surface area (Å²) in [6.07, 6.45) is 5.24. The zero-order valence-electron chi connectivity index (χ0n) is 13.5. The topological polar surface area (TPSA) is 89.8 Å². The van der Waals surface area contributed by atoms with Crippen molar-refractivity contribution in [3.05, 3.63) is 40.5 Å². The van der Waals surface area contributed by atoms with Crippen LogP contribution in [0.4, 0.5) is 11.4 Å². The maximum atomic E-state index is 13.1. The van der Waals surface area contributed by atoms with Crippen LogP contribution in [0, 0.1) is 45.6 Å². The van der Waals surface area contributed by atoms with Gasteiger partial charge in [-0.25, -0.2) is 4.90 Å². The molecule has 25 heavy (non-hydrogen) atoms. The number of hydrogen-bond donors (Lipinski definition) is 0. The second-order valence-electron chi connectivity index (χ2n) is 7.28. The van der Waals surface area contributed by atoms with E-state index in [1.165, 1.54) is 25.3 Å². The fraction of sp³-hybridized carbons (Fsp3) is 0.444. The first-order chi connectivity index (χ1) is 12.0. The third kappa shape index (κ3) is 1.75. The number of carbonyl (C=O) groups excluding carboxylic acids is 2. The van der Waals surface area contributed by atoms with Crippen LogP contribution < -0.4 is 9.64 Å². The Hall–Kier alpha value is -2.70. The van der Waals surface area contributed by atoms with Crippen molar-refractivity contribution in [2.24, 2.45) is 35.5 Å². The Balaban J connectivity index is 1.60. The molecule has 4 aliphatic carbocycles. The summed E-state index contributed by atoms with van der Waals surface area (Å²) in [5, 5.41) is 11.5. The van der Waals surface area contributed by atoms with Crippen LogP contribution in [-0.2, 0) is 9.59 Å². The third-order valence-corrected chi connectivity index (χ3v) is 6.28. The Labute approximate surface area is 143 Å². The number of ether oxygens (including phenoxy) is 1. The van der Waals surface area contributed by atoms with E-state index in [-0.39, 0.29) is 46.9 Å². The molecule has 7 nitrogen and oxygen atoms in total. The van der Waals surface area contributed by atoms with E-state index in [0.717, 1.165) is 11.3 Å². The lowest BCUT2D eigenvalue weighted by Gasteiger charge is -2.37. The Bertz CT molecular complexity index is 827. The Morgan fingerprint density at radius 1 is 1.12 bits per heavy atom. The number of nitrogens with zero attached hydrogens (tertiary/aromatic N) is 2. The maximum Gasteiger partial charge on any atom is 0.297 e. The number of carbonyl (C=O) groups is 2. The molecule has 0 aromatic heterocycles. The quantitative estimate of drug-likeness (QED) is 0.364. The lowest BCUT2D eigenvalue weighted by Crippen LogP contribution is -2.40. The van der Waals surface area contributed by atoms with Crippen LogP contribution in [0.3, 0.4) is 0 Å². The second-order valence-corrected chi connectivity index (χ2v) is 7.28. The summed E-state index contributed by atoms with van der Waals surface area (Å²) in [6, 6.07) is 4.22. The molecule has 5 aliphatic rings. The molecule has 3 fully saturated rings. The van der Waals surface area contributed by atoms with Gasteiger partial charge in [-0.15, -0.1) is 0 Å². The van der Waals surface area contributed by atoms with Crippen molar-refractivity contribution < 1.29 is 19.2 Å². The third-order valence-electron chi connectivity index (χ3n) is 6.28. The summed E-state index contributed by atoms with van der Waals surface area (Å²) < 4.78 is 5.03. The summed E-state index contributed by atoms with van der Waals surface area (Å²) in [4.78, 5) is 38.0. The smallest absolute Gasteiger partial charge is 0.297 e. The van der Waals surface area contributed by atoms with Crippen molar-refractivity contribution in [1.82, 2.24) is 0 Å². The van der Waals surface area contributed by atoms with Gasteiger partial charge in [-0.3, -0.25) is 19.7 Å². The van der Waals surface area contributed by atoms with Gasteiger partial charge in [0.15, 0.2) is 0 Å². The van der Waals surface area contributed by atoms with Gasteiger partial charge in [0, 0.05) is 0 Å². The van der Waals surface area contributed by atoms with Crippen LogP contribution >= 0.6 is 0 Å². The number of imide groups is 1. The molecule has 0 N–H and O–H groups in total. The molecule has 1 aromatic rings. The predicted molar refractivity (Wildman–Crippen MR) is 86.8 cm³/mol. The van der Waals surface area contributed by atoms with Gasteiger partial charge in [-0.2, -0.15) is 0 Å². The molecule has 0 radical (unpaired) electrons. The van der Waals surface area contributed by atoms with Crippen molar-refractivity contribution in [1.29, 1.82) is 0 Å². The van der Waals surface area contributed by atoms with Crippen LogP contribution in [0.25, 0.3) is 0 Å². The molecule has 6 rings (SSSR count). The molecule has 7 heteroatoms. The number of allylic oxidation sites excluding steroid dienone is 2. The summed E-state index contributed by atoms with van der Waals surface area (Å²) >= 11 is 0. The first-order valence-electron chi connectivity index (χ1n) is 8.41. The molecule has 1 aliphatic heterocycles. The van der Waals surface area contributed by atoms with E-state index in [1.54, 1.807) is 0 Å². The van der Waals surface area contributed by atoms with Gasteiger partial charge in [0.1, 0.15) is 11.4 Å². The zero-order valence-corrected chi connectivity index (χ0v) is 13.5. The lowest BCUT2D eigenvalue weighted by atomic mass is 9.63. The number of methoxy groups -OCH3 is 1. The van der Waals surface area contributed by atoms with E-state index in [0.29, 0.717) is 17.6 Å². The maximum absolute atomic E-state index is 13.1. The number of nitro benzene ring substituents is 1. The molecule has 2 amide bonds. The Morgan fingerprint density at radius 2 is 1.72 bits per heavy atom. The van der Waals surface area contributed by atoms with E-state index < -0.39 is 4.92 Å². The second kappa shape index (κ2) is 4.68. The SMILES string of the molecule is COc1ccc(N2C(=O)[C@H]3[C@@H]4C=C[C@@H]([C@H]5C[C@H]45)[C@@H]3C2=O)c([N+](=O)[O-])c1. The highest BCUT2D eigenvalue weighted by Crippen LogP contribution is 2.65. The minimum absolute atomic E-state index is 0.0447. The molecule has 1 saturated heterocycles. The van der Waals surface area contributed by atoms with Crippen LogP contribution in [-0.4, -0.2) is 23.8 Å². The van der Waals surface area contributed by atoms with E-state index in [9.17, 15) is 19.7 Å². The summed E-state index contributed by atoms with van der Waals surface area (Å²) in [7, 11) is 1.41. The number of rotatable bonds is 3. The number of nitro groups is 1. The molecular formula is C18H16N2O5. The van der Waals surface area contributed by atoms with Gasteiger partial charge >= 0.3 is 0 Å². The van der Waals surface area contributed by atoms with Crippen LogP contribution in [0.1, 0.15) is 6.42 Å². The number of benzene rings is 1. The van der Waals surface area contributed by atoms with E-state index >= 15 is 0 Å². The molecular weight excluding hydrogens is 324 g/mol. The molecule has 0 spiro atoms. The summed E-state index contributed by atoms with van der Waals surface area (Å²) in [5.74, 6) is 0.173. The molecule has 1 heterocycles. The van der Waals surface area contributed by atoms with Crippen molar-refractivity contribution in [3.8, 4) is 5.75 Å². The Kier molecular flexibility index (Phi) is 2.74. The molecule has 2 bridgehead atoms. The van der Waals surface area contributed by atoms with Gasteiger partial charge < -0.3 is 4.74 Å². The molecule has 128 valence electrons. The van der Waals surface area contributed by atoms with Gasteiger partial charge in [0.05, 0.1) is 29.9 Å². The lowest BCUT2D eigenvalue weighted by molar-refractivity contribution is -0.384. The standard InChI is InChI=1S/C18H16N2O5/c1-25-8-2-5-13(14(6-8)20(23)24)19-17(21)15-9-3-4-10(12-7-11(9)12)16(15)18(19)22/h2-6,9-12,15-16H,7H2,1H3/t9-,10+,11-,12-,15+,16+/m1/s1. The zero-order chi connectivity index (χ0) is 17.5. The molecule has 6 atom stereocenters. The van der Waals surface area contributed by atoms with Gasteiger partial charge in [-0.1, -0.05) is 12.2 Å². The van der Waals surface area contributed by atoms with Crippen molar-refractivity contribution in [2.45, 2.75) is 6.42 Å². The fourth-order valence-electron chi connectivity index (χ4n) is 5.16. The Morgan fingerprint density at radius 3 is 2.24 bits per heavy atom. The van der Waals surface area contributed by atoms with Crippen LogP contribution in [0.15, 0.2) is 30.4 Å². The minimum atomic E-state index is -0.579. The summed E-state index contributed by atoms with van der Waals surface area (Å²) in [5.41, 5.74) is -0.242. The largest absolute Gasteiger partial charge is 0.496 e. The highest BCUT2D eigenvalue weighted by molar-refractivity contribution is 6.23. The summed E-state index contributed by atoms with van der Waals surface area (Å²) in [6.45, 7) is 0. The monoisotopic (exact) mass is 340 g/mol.